The maximum atomic E-state index is 5.21. The largest absolute Gasteiger partial charge is 0.208 e. The Labute approximate surface area is 256 Å². The van der Waals surface area contributed by atoms with E-state index in [2.05, 4.69) is 133 Å². The van der Waals surface area contributed by atoms with Crippen LogP contribution >= 0.6 is 0 Å². The van der Waals surface area contributed by atoms with Crippen LogP contribution in [0.3, 0.4) is 0 Å². The van der Waals surface area contributed by atoms with Crippen molar-refractivity contribution in [1.29, 1.82) is 0 Å². The van der Waals surface area contributed by atoms with Crippen LogP contribution in [0.2, 0.25) is 0 Å². The Morgan fingerprint density at radius 2 is 0.750 bits per heavy atom. The molecule has 0 atom stereocenters. The number of hydrogen-bond donors (Lipinski definition) is 0. The van der Waals surface area contributed by atoms with Gasteiger partial charge in [-0.05, 0) is 62.0 Å². The molecule has 0 aliphatic heterocycles. The fourth-order valence-electron chi connectivity index (χ4n) is 5.99. The summed E-state index contributed by atoms with van der Waals surface area (Å²) in [5.41, 5.74) is 7.55. The highest BCUT2D eigenvalue weighted by atomic mass is 15.0. The van der Waals surface area contributed by atoms with E-state index in [1.807, 2.05) is 30.3 Å². The van der Waals surface area contributed by atoms with E-state index in [4.69, 9.17) is 15.0 Å². The minimum atomic E-state index is 0.649. The van der Waals surface area contributed by atoms with Gasteiger partial charge in [0.25, 0.3) is 0 Å². The molecule has 3 nitrogen and oxygen atoms in total. The van der Waals surface area contributed by atoms with Gasteiger partial charge in [0.2, 0.25) is 0 Å². The minimum absolute atomic E-state index is 0.649. The Hall–Kier alpha value is -5.93. The van der Waals surface area contributed by atoms with E-state index < -0.39 is 0 Å². The molecule has 0 fully saturated rings. The van der Waals surface area contributed by atoms with Crippen LogP contribution in [0.25, 0.3) is 78.0 Å². The van der Waals surface area contributed by atoms with E-state index in [0.717, 1.165) is 49.4 Å². The van der Waals surface area contributed by atoms with Gasteiger partial charge in [-0.1, -0.05) is 146 Å². The van der Waals surface area contributed by atoms with Crippen molar-refractivity contribution < 1.29 is 0 Å². The van der Waals surface area contributed by atoms with Gasteiger partial charge in [0.05, 0.1) is 0 Å². The van der Waals surface area contributed by atoms with E-state index in [0.29, 0.717) is 17.5 Å². The molecule has 8 rings (SSSR count). The molecule has 8 aromatic rings. The van der Waals surface area contributed by atoms with Gasteiger partial charge in [-0.15, -0.1) is 0 Å². The molecule has 206 valence electrons. The van der Waals surface area contributed by atoms with Crippen molar-refractivity contribution in [3.63, 3.8) is 0 Å². The Kier molecular flexibility index (Phi) is 6.47. The Bertz CT molecular complexity index is 2260. The first-order chi connectivity index (χ1) is 21.8. The van der Waals surface area contributed by atoms with Crippen molar-refractivity contribution in [2.24, 2.45) is 0 Å². The van der Waals surface area contributed by atoms with Gasteiger partial charge in [0.1, 0.15) is 0 Å². The summed E-state index contributed by atoms with van der Waals surface area (Å²) in [6, 6.07) is 56.9. The molecule has 0 N–H and O–H groups in total. The lowest BCUT2D eigenvalue weighted by molar-refractivity contribution is 1.08. The minimum Gasteiger partial charge on any atom is -0.208 e. The molecule has 44 heavy (non-hydrogen) atoms. The molecule has 0 spiro atoms. The fraction of sp³-hybridized carbons (Fsp3) is 0. The van der Waals surface area contributed by atoms with Crippen molar-refractivity contribution in [3.05, 3.63) is 164 Å². The molecule has 0 radical (unpaired) electrons. The van der Waals surface area contributed by atoms with Crippen LogP contribution in [-0.4, -0.2) is 15.0 Å². The molecule has 0 aliphatic carbocycles. The highest BCUT2D eigenvalue weighted by molar-refractivity contribution is 6.04. The summed E-state index contributed by atoms with van der Waals surface area (Å²) in [4.78, 5) is 15.4. The zero-order valence-corrected chi connectivity index (χ0v) is 23.9. The average molecular weight is 562 g/mol. The molecule has 0 saturated carbocycles. The van der Waals surface area contributed by atoms with Gasteiger partial charge >= 0.3 is 0 Å². The Balaban J connectivity index is 1.40. The first-order valence-corrected chi connectivity index (χ1v) is 14.8. The summed E-state index contributed by atoms with van der Waals surface area (Å²) in [5, 5.41) is 4.52. The first-order valence-electron chi connectivity index (χ1n) is 14.8. The van der Waals surface area contributed by atoms with E-state index in [1.165, 1.54) is 11.1 Å². The number of hydrogen-bond acceptors (Lipinski definition) is 3. The smallest absolute Gasteiger partial charge is 0.164 e. The normalized spacial score (nSPS) is 11.2. The van der Waals surface area contributed by atoms with Crippen LogP contribution in [-0.2, 0) is 0 Å². The molecule has 1 heterocycles. The average Bonchev–Trinajstić information content (AvgIpc) is 3.11. The second kappa shape index (κ2) is 11.0. The second-order valence-corrected chi connectivity index (χ2v) is 10.9. The van der Waals surface area contributed by atoms with Crippen LogP contribution in [0.15, 0.2) is 164 Å². The van der Waals surface area contributed by atoms with E-state index in [-0.39, 0.29) is 0 Å². The summed E-state index contributed by atoms with van der Waals surface area (Å²) in [6.45, 7) is 0. The third-order valence-corrected chi connectivity index (χ3v) is 8.13. The van der Waals surface area contributed by atoms with Crippen molar-refractivity contribution in [1.82, 2.24) is 15.0 Å². The quantitative estimate of drug-likeness (QED) is 0.210. The number of aromatic nitrogens is 3. The van der Waals surface area contributed by atoms with Crippen molar-refractivity contribution in [2.75, 3.05) is 0 Å². The van der Waals surface area contributed by atoms with Gasteiger partial charge in [-0.2, -0.15) is 0 Å². The maximum Gasteiger partial charge on any atom is 0.164 e. The van der Waals surface area contributed by atoms with Crippen LogP contribution in [0.4, 0.5) is 0 Å². The predicted molar refractivity (Wildman–Crippen MR) is 182 cm³/mol. The number of nitrogens with zero attached hydrogens (tertiary/aromatic N) is 3. The molecule has 0 bridgehead atoms. The van der Waals surface area contributed by atoms with Gasteiger partial charge in [0, 0.05) is 16.7 Å². The van der Waals surface area contributed by atoms with E-state index in [9.17, 15) is 0 Å². The monoisotopic (exact) mass is 561 g/mol. The van der Waals surface area contributed by atoms with Crippen LogP contribution in [0.5, 0.6) is 0 Å². The standard InChI is InChI=1S/C41H27N3/c1-4-14-28(15-5-1)32-26-31-20-10-11-21-33(31)38(27-32)41-43-39(30-18-8-3-9-19-30)42-40(44-41)37-25-24-34(29-16-6-2-7-17-29)35-22-12-13-23-36(35)37/h1-27H. The zero-order chi connectivity index (χ0) is 29.3. The lowest BCUT2D eigenvalue weighted by Gasteiger charge is -2.14. The van der Waals surface area contributed by atoms with Crippen molar-refractivity contribution >= 4 is 21.5 Å². The van der Waals surface area contributed by atoms with Crippen molar-refractivity contribution in [2.45, 2.75) is 0 Å². The Morgan fingerprint density at radius 3 is 1.43 bits per heavy atom. The van der Waals surface area contributed by atoms with Crippen LogP contribution in [0.1, 0.15) is 0 Å². The summed E-state index contributed by atoms with van der Waals surface area (Å²) in [6.07, 6.45) is 0. The third kappa shape index (κ3) is 4.71. The van der Waals surface area contributed by atoms with Crippen LogP contribution < -0.4 is 0 Å². The molecule has 0 amide bonds. The van der Waals surface area contributed by atoms with Crippen molar-refractivity contribution in [3.8, 4) is 56.4 Å². The molecule has 0 unspecified atom stereocenters. The molecule has 7 aromatic carbocycles. The number of rotatable bonds is 5. The van der Waals surface area contributed by atoms with Gasteiger partial charge in [-0.25, -0.2) is 15.0 Å². The SMILES string of the molecule is c1ccc(-c2cc(-c3nc(-c4ccccc4)nc(-c4ccc(-c5ccccc5)c5ccccc45)n3)c3ccccc3c2)cc1. The molecule has 0 aliphatic rings. The van der Waals surface area contributed by atoms with E-state index in [1.54, 1.807) is 0 Å². The van der Waals surface area contributed by atoms with Gasteiger partial charge in [0.15, 0.2) is 17.5 Å². The maximum absolute atomic E-state index is 5.21. The van der Waals surface area contributed by atoms with E-state index >= 15 is 0 Å². The molecule has 1 aromatic heterocycles. The summed E-state index contributed by atoms with van der Waals surface area (Å²) in [5.74, 6) is 1.95. The third-order valence-electron chi connectivity index (χ3n) is 8.13. The lowest BCUT2D eigenvalue weighted by Crippen LogP contribution is -2.01. The van der Waals surface area contributed by atoms with Crippen LogP contribution in [0, 0.1) is 0 Å². The molecule has 0 saturated heterocycles. The summed E-state index contributed by atoms with van der Waals surface area (Å²) < 4.78 is 0. The number of fused-ring (bicyclic) bond motifs is 2. The van der Waals surface area contributed by atoms with Gasteiger partial charge < -0.3 is 0 Å². The second-order valence-electron chi connectivity index (χ2n) is 10.9. The highest BCUT2D eigenvalue weighted by Crippen LogP contribution is 2.37. The molecule has 3 heteroatoms. The topological polar surface area (TPSA) is 38.7 Å². The predicted octanol–water partition coefficient (Wildman–Crippen LogP) is 10.5. The lowest BCUT2D eigenvalue weighted by atomic mass is 9.94. The molecular weight excluding hydrogens is 534 g/mol. The fourth-order valence-corrected chi connectivity index (χ4v) is 5.99. The summed E-state index contributed by atoms with van der Waals surface area (Å²) >= 11 is 0. The van der Waals surface area contributed by atoms with Gasteiger partial charge in [-0.3, -0.25) is 0 Å². The highest BCUT2D eigenvalue weighted by Gasteiger charge is 2.18. The Morgan fingerprint density at radius 1 is 0.273 bits per heavy atom. The summed E-state index contributed by atoms with van der Waals surface area (Å²) in [7, 11) is 0. The molecular formula is C41H27N3. The number of benzene rings is 7. The zero-order valence-electron chi connectivity index (χ0n) is 23.9. The first kappa shape index (κ1) is 25.8.